The molecule has 3 rings (SSSR count). The van der Waals surface area contributed by atoms with Crippen LogP contribution in [0.1, 0.15) is 28.7 Å². The predicted molar refractivity (Wildman–Crippen MR) is 75.1 cm³/mol. The Balaban J connectivity index is 2.52. The van der Waals surface area contributed by atoms with E-state index in [9.17, 15) is 0 Å². The van der Waals surface area contributed by atoms with Gasteiger partial charge in [-0.15, -0.1) is 0 Å². The van der Waals surface area contributed by atoms with Crippen molar-refractivity contribution in [2.45, 2.75) is 19.8 Å². The van der Waals surface area contributed by atoms with E-state index in [0.717, 1.165) is 12.8 Å². The summed E-state index contributed by atoms with van der Waals surface area (Å²) in [4.78, 5) is 0. The van der Waals surface area contributed by atoms with Crippen LogP contribution in [0.25, 0.3) is 22.9 Å². The molecule has 1 aromatic carbocycles. The number of nitrogens with zero attached hydrogens (tertiary/aromatic N) is 1. The van der Waals surface area contributed by atoms with Crippen molar-refractivity contribution in [2.75, 3.05) is 0 Å². The molecule has 17 heavy (non-hydrogen) atoms. The van der Waals surface area contributed by atoms with Gasteiger partial charge in [0.2, 0.25) is 0 Å². The fourth-order valence-corrected chi connectivity index (χ4v) is 2.95. The minimum atomic E-state index is 1.16. The van der Waals surface area contributed by atoms with Gasteiger partial charge in [0.05, 0.1) is 0 Å². The summed E-state index contributed by atoms with van der Waals surface area (Å²) in [5, 5.41) is 2.68. The number of rotatable bonds is 1. The largest absolute Gasteiger partial charge is 0.356 e. The number of aryl methyl sites for hydroxylation is 1. The number of hydrogen-bond donors (Lipinski definition) is 0. The van der Waals surface area contributed by atoms with Gasteiger partial charge in [-0.1, -0.05) is 24.8 Å². The second-order valence-corrected chi connectivity index (χ2v) is 4.83. The van der Waals surface area contributed by atoms with Gasteiger partial charge in [0.15, 0.2) is 0 Å². The summed E-state index contributed by atoms with van der Waals surface area (Å²) in [7, 11) is 2.08. The zero-order chi connectivity index (χ0) is 12.0. The van der Waals surface area contributed by atoms with Crippen molar-refractivity contribution in [1.29, 1.82) is 0 Å². The quantitative estimate of drug-likeness (QED) is 0.686. The van der Waals surface area contributed by atoms with Crippen LogP contribution in [0.2, 0.25) is 0 Å². The van der Waals surface area contributed by atoms with Crippen LogP contribution in [0.5, 0.6) is 0 Å². The highest BCUT2D eigenvalue weighted by Crippen LogP contribution is 2.35. The van der Waals surface area contributed by atoms with Gasteiger partial charge in [-0.25, -0.2) is 0 Å². The Labute approximate surface area is 102 Å². The lowest BCUT2D eigenvalue weighted by atomic mass is 9.87. The Morgan fingerprint density at radius 1 is 1.29 bits per heavy atom. The molecule has 1 aliphatic rings. The molecule has 0 N–H and O–H groups in total. The Kier molecular flexibility index (Phi) is 2.22. The molecule has 0 aliphatic heterocycles. The zero-order valence-corrected chi connectivity index (χ0v) is 10.5. The average molecular weight is 223 g/mol. The molecule has 1 aliphatic carbocycles. The van der Waals surface area contributed by atoms with Gasteiger partial charge >= 0.3 is 0 Å². The highest BCUT2D eigenvalue weighted by Gasteiger charge is 2.16. The number of aromatic nitrogens is 1. The Hall–Kier alpha value is -1.76. The Morgan fingerprint density at radius 3 is 2.82 bits per heavy atom. The number of benzene rings is 1. The third kappa shape index (κ3) is 1.39. The molecular weight excluding hydrogens is 206 g/mol. The first-order valence-electron chi connectivity index (χ1n) is 6.12. The zero-order valence-electron chi connectivity index (χ0n) is 10.5. The van der Waals surface area contributed by atoms with Crippen LogP contribution in [0, 0.1) is 6.92 Å². The minimum absolute atomic E-state index is 1.16. The summed E-state index contributed by atoms with van der Waals surface area (Å²) < 4.78 is 2.14. The van der Waals surface area contributed by atoms with Crippen molar-refractivity contribution in [3.63, 3.8) is 0 Å². The highest BCUT2D eigenvalue weighted by molar-refractivity contribution is 5.99. The maximum Gasteiger partial charge on any atom is 0.0117 e. The first kappa shape index (κ1) is 10.4. The van der Waals surface area contributed by atoms with E-state index in [-0.39, 0.29) is 0 Å². The van der Waals surface area contributed by atoms with Crippen molar-refractivity contribution in [3.05, 3.63) is 47.3 Å². The molecule has 0 spiro atoms. The molecule has 0 amide bonds. The molecule has 1 heteroatoms. The normalized spacial score (nSPS) is 14.0. The molecule has 0 unspecified atom stereocenters. The fourth-order valence-electron chi connectivity index (χ4n) is 2.95. The van der Waals surface area contributed by atoms with E-state index in [1.165, 1.54) is 33.0 Å². The third-order valence-corrected chi connectivity index (χ3v) is 3.77. The number of allylic oxidation sites excluding steroid dienone is 1. The van der Waals surface area contributed by atoms with Gasteiger partial charge < -0.3 is 4.57 Å². The summed E-state index contributed by atoms with van der Waals surface area (Å²) in [5.74, 6) is 0. The van der Waals surface area contributed by atoms with E-state index >= 15 is 0 Å². The molecular formula is C16H17N. The maximum absolute atomic E-state index is 3.97. The van der Waals surface area contributed by atoms with Gasteiger partial charge in [-0.3, -0.25) is 0 Å². The van der Waals surface area contributed by atoms with Gasteiger partial charge in [0, 0.05) is 30.2 Å². The van der Waals surface area contributed by atoms with Crippen LogP contribution in [-0.4, -0.2) is 4.57 Å². The van der Waals surface area contributed by atoms with Crippen molar-refractivity contribution < 1.29 is 0 Å². The summed E-state index contributed by atoms with van der Waals surface area (Å²) in [5.41, 5.74) is 5.61. The second-order valence-electron chi connectivity index (χ2n) is 4.83. The van der Waals surface area contributed by atoms with Crippen LogP contribution in [0.3, 0.4) is 0 Å². The monoisotopic (exact) mass is 223 g/mol. The third-order valence-electron chi connectivity index (χ3n) is 3.77. The Morgan fingerprint density at radius 2 is 2.06 bits per heavy atom. The van der Waals surface area contributed by atoms with Gasteiger partial charge in [0.1, 0.15) is 0 Å². The number of fused-ring (bicyclic) bond motifs is 3. The number of hydrogen-bond acceptors (Lipinski definition) is 0. The lowest BCUT2D eigenvalue weighted by Crippen LogP contribution is -2.00. The minimum Gasteiger partial charge on any atom is -0.356 e. The van der Waals surface area contributed by atoms with E-state index in [4.69, 9.17) is 0 Å². The molecule has 0 saturated heterocycles. The average Bonchev–Trinajstić information content (AvgIpc) is 2.72. The van der Waals surface area contributed by atoms with E-state index in [0.29, 0.717) is 0 Å². The molecule has 0 fully saturated rings. The van der Waals surface area contributed by atoms with Gasteiger partial charge in [-0.05, 0) is 42.0 Å². The van der Waals surface area contributed by atoms with Gasteiger partial charge in [-0.2, -0.15) is 0 Å². The molecule has 1 aromatic heterocycles. The Bertz CT molecular complexity index is 641. The van der Waals surface area contributed by atoms with E-state index in [1.54, 1.807) is 0 Å². The van der Waals surface area contributed by atoms with E-state index in [2.05, 4.69) is 49.7 Å². The maximum atomic E-state index is 3.97. The van der Waals surface area contributed by atoms with Crippen LogP contribution >= 0.6 is 0 Å². The molecule has 1 heterocycles. The SMILES string of the molecule is C=Cc1c(C)c2c(c3cn(C)cc13)C=CCC2. The highest BCUT2D eigenvalue weighted by atomic mass is 14.9. The smallest absolute Gasteiger partial charge is 0.0117 e. The van der Waals surface area contributed by atoms with Crippen molar-refractivity contribution in [1.82, 2.24) is 4.57 Å². The van der Waals surface area contributed by atoms with Crippen LogP contribution in [0.15, 0.2) is 25.0 Å². The molecule has 0 bridgehead atoms. The van der Waals surface area contributed by atoms with Crippen molar-refractivity contribution in [2.24, 2.45) is 7.05 Å². The first-order valence-corrected chi connectivity index (χ1v) is 6.12. The molecule has 86 valence electrons. The standard InChI is InChI=1S/C16H17N/c1-4-12-11(2)13-7-5-6-8-14(13)16-10-17(3)9-15(12)16/h4,6,8-10H,1,5,7H2,2-3H3. The predicted octanol–water partition coefficient (Wildman–Crippen LogP) is 4.09. The lowest BCUT2D eigenvalue weighted by Gasteiger charge is -2.17. The molecule has 0 radical (unpaired) electrons. The first-order chi connectivity index (χ1) is 8.22. The second kappa shape index (κ2) is 3.63. The van der Waals surface area contributed by atoms with Crippen molar-refractivity contribution >= 4 is 22.9 Å². The molecule has 0 saturated carbocycles. The molecule has 2 aromatic rings. The molecule has 1 nitrogen and oxygen atoms in total. The summed E-state index contributed by atoms with van der Waals surface area (Å²) >= 11 is 0. The van der Waals surface area contributed by atoms with Gasteiger partial charge in [0.25, 0.3) is 0 Å². The molecule has 0 atom stereocenters. The van der Waals surface area contributed by atoms with E-state index in [1.807, 2.05) is 6.08 Å². The van der Waals surface area contributed by atoms with Crippen molar-refractivity contribution in [3.8, 4) is 0 Å². The summed E-state index contributed by atoms with van der Waals surface area (Å²) in [6.07, 6.45) is 13.3. The van der Waals surface area contributed by atoms with Crippen LogP contribution in [-0.2, 0) is 13.5 Å². The topological polar surface area (TPSA) is 4.93 Å². The summed E-state index contributed by atoms with van der Waals surface area (Å²) in [6, 6.07) is 0. The lowest BCUT2D eigenvalue weighted by molar-refractivity contribution is 0.933. The van der Waals surface area contributed by atoms with E-state index < -0.39 is 0 Å². The van der Waals surface area contributed by atoms with Crippen LogP contribution in [0.4, 0.5) is 0 Å². The van der Waals surface area contributed by atoms with Crippen LogP contribution < -0.4 is 0 Å². The summed E-state index contributed by atoms with van der Waals surface area (Å²) in [6.45, 7) is 6.20. The fraction of sp³-hybridized carbons (Fsp3) is 0.250.